The fourth-order valence-electron chi connectivity index (χ4n) is 3.40. The molecule has 6 nitrogen and oxygen atoms in total. The van der Waals surface area contributed by atoms with Crippen LogP contribution in [0.1, 0.15) is 48.9 Å². The van der Waals surface area contributed by atoms with Crippen LogP contribution < -0.4 is 15.8 Å². The van der Waals surface area contributed by atoms with Gasteiger partial charge in [-0.15, -0.1) is 0 Å². The molecule has 6 heteroatoms. The Bertz CT molecular complexity index is 1060. The first-order chi connectivity index (χ1) is 13.8. The highest BCUT2D eigenvalue weighted by Gasteiger charge is 2.16. The Balaban J connectivity index is 1.80. The molecule has 150 valence electrons. The average molecular weight is 392 g/mol. The molecule has 2 amide bonds. The molecule has 0 unspecified atom stereocenters. The Morgan fingerprint density at radius 3 is 2.34 bits per heavy atom. The quantitative estimate of drug-likeness (QED) is 0.659. The fourth-order valence-corrected chi connectivity index (χ4v) is 3.40. The highest BCUT2D eigenvalue weighted by Crippen LogP contribution is 2.27. The third-order valence-electron chi connectivity index (χ3n) is 4.81. The molecular weight excluding hydrogens is 368 g/mol. The smallest absolute Gasteiger partial charge is 0.291 e. The van der Waals surface area contributed by atoms with E-state index in [1.165, 1.54) is 41.5 Å². The van der Waals surface area contributed by atoms with Crippen molar-refractivity contribution in [1.29, 1.82) is 0 Å². The van der Waals surface area contributed by atoms with Crippen molar-refractivity contribution in [3.05, 3.63) is 81.8 Å². The number of hydrogen-bond donors (Lipinski definition) is 2. The number of furan rings is 1. The van der Waals surface area contributed by atoms with Crippen LogP contribution in [0.3, 0.4) is 0 Å². The molecule has 0 bridgehead atoms. The van der Waals surface area contributed by atoms with E-state index in [1.807, 2.05) is 0 Å². The van der Waals surface area contributed by atoms with Crippen molar-refractivity contribution in [1.82, 2.24) is 0 Å². The molecule has 1 heterocycles. The molecule has 0 spiro atoms. The number of rotatable bonds is 6. The summed E-state index contributed by atoms with van der Waals surface area (Å²) in [5.41, 5.74) is 10.7. The molecule has 1 aromatic heterocycles. The number of carbonyl (C=O) groups excluding carboxylic acids is 2. The summed E-state index contributed by atoms with van der Waals surface area (Å²) in [5, 5.41) is 2.71. The highest BCUT2D eigenvalue weighted by molar-refractivity contribution is 6.04. The zero-order chi connectivity index (χ0) is 21.1. The molecule has 3 N–H and O–H groups in total. The van der Waals surface area contributed by atoms with Crippen molar-refractivity contribution < 1.29 is 18.7 Å². The minimum atomic E-state index is -0.590. The van der Waals surface area contributed by atoms with Gasteiger partial charge in [0, 0.05) is 12.0 Å². The Hall–Kier alpha value is -3.54. The monoisotopic (exact) mass is 392 g/mol. The number of primary amides is 1. The van der Waals surface area contributed by atoms with Gasteiger partial charge < -0.3 is 20.2 Å². The predicted molar refractivity (Wildman–Crippen MR) is 112 cm³/mol. The second-order valence-electron chi connectivity index (χ2n) is 7.05. The van der Waals surface area contributed by atoms with Gasteiger partial charge in [-0.25, -0.2) is 0 Å². The molecule has 0 aliphatic rings. The van der Waals surface area contributed by atoms with Crippen LogP contribution in [0.25, 0.3) is 0 Å². The third kappa shape index (κ3) is 4.48. The number of amides is 2. The molecule has 0 fully saturated rings. The Morgan fingerprint density at radius 2 is 1.72 bits per heavy atom. The van der Waals surface area contributed by atoms with E-state index in [0.717, 1.165) is 0 Å². The van der Waals surface area contributed by atoms with E-state index >= 15 is 0 Å². The standard InChI is InChI=1S/C23H24N2O4/c1-13-9-14(2)18(15(3)10-13)12-17-6-8-21(29-17)23(27)25-19-11-16(22(24)26)5-7-20(19)28-4/h5-11H,12H2,1-4H3,(H2,24,26)(H,25,27). The summed E-state index contributed by atoms with van der Waals surface area (Å²) in [6.45, 7) is 6.22. The lowest BCUT2D eigenvalue weighted by Crippen LogP contribution is -2.15. The number of methoxy groups -OCH3 is 1. The van der Waals surface area contributed by atoms with E-state index in [0.29, 0.717) is 23.6 Å². The molecule has 3 rings (SSSR count). The first kappa shape index (κ1) is 20.2. The number of carbonyl (C=O) groups is 2. The topological polar surface area (TPSA) is 94.6 Å². The van der Waals surface area contributed by atoms with Crippen LogP contribution in [0.15, 0.2) is 46.9 Å². The van der Waals surface area contributed by atoms with Crippen molar-refractivity contribution in [2.24, 2.45) is 5.73 Å². The van der Waals surface area contributed by atoms with Gasteiger partial charge in [0.2, 0.25) is 5.91 Å². The summed E-state index contributed by atoms with van der Waals surface area (Å²) in [4.78, 5) is 24.0. The third-order valence-corrected chi connectivity index (χ3v) is 4.81. The number of nitrogens with one attached hydrogen (secondary N) is 1. The maximum atomic E-state index is 12.6. The van der Waals surface area contributed by atoms with E-state index in [4.69, 9.17) is 14.9 Å². The normalized spacial score (nSPS) is 10.6. The molecule has 0 saturated heterocycles. The molecule has 0 saturated carbocycles. The van der Waals surface area contributed by atoms with Gasteiger partial charge in [0.1, 0.15) is 11.5 Å². The molecule has 0 aliphatic carbocycles. The number of aryl methyl sites for hydroxylation is 3. The van der Waals surface area contributed by atoms with Gasteiger partial charge in [0.25, 0.3) is 5.91 Å². The molecule has 0 radical (unpaired) electrons. The van der Waals surface area contributed by atoms with Crippen LogP contribution >= 0.6 is 0 Å². The second kappa shape index (κ2) is 8.22. The maximum Gasteiger partial charge on any atom is 0.291 e. The maximum absolute atomic E-state index is 12.6. The van der Waals surface area contributed by atoms with E-state index in [2.05, 4.69) is 38.2 Å². The first-order valence-electron chi connectivity index (χ1n) is 9.23. The van der Waals surface area contributed by atoms with Crippen LogP contribution in [0.4, 0.5) is 5.69 Å². The van der Waals surface area contributed by atoms with Gasteiger partial charge in [-0.1, -0.05) is 17.7 Å². The molecule has 2 aromatic carbocycles. The fraction of sp³-hybridized carbons (Fsp3) is 0.217. The molecule has 0 aliphatic heterocycles. The van der Waals surface area contributed by atoms with Crippen molar-refractivity contribution in [3.8, 4) is 5.75 Å². The van der Waals surface area contributed by atoms with Crippen LogP contribution in [-0.2, 0) is 6.42 Å². The zero-order valence-electron chi connectivity index (χ0n) is 17.0. The molecule has 3 aromatic rings. The summed E-state index contributed by atoms with van der Waals surface area (Å²) < 4.78 is 11.0. The summed E-state index contributed by atoms with van der Waals surface area (Å²) >= 11 is 0. The molecule has 29 heavy (non-hydrogen) atoms. The number of ether oxygens (including phenoxy) is 1. The summed E-state index contributed by atoms with van der Waals surface area (Å²) in [5.74, 6) is 0.263. The zero-order valence-corrected chi connectivity index (χ0v) is 17.0. The van der Waals surface area contributed by atoms with Gasteiger partial charge in [0.05, 0.1) is 12.8 Å². The van der Waals surface area contributed by atoms with Gasteiger partial charge in [-0.05, 0) is 67.8 Å². The predicted octanol–water partition coefficient (Wildman–Crippen LogP) is 4.16. The minimum absolute atomic E-state index is 0.175. The van der Waals surface area contributed by atoms with Crippen LogP contribution in [0.2, 0.25) is 0 Å². The number of nitrogens with two attached hydrogens (primary N) is 1. The first-order valence-corrected chi connectivity index (χ1v) is 9.23. The van der Waals surface area contributed by atoms with Gasteiger partial charge in [-0.2, -0.15) is 0 Å². The minimum Gasteiger partial charge on any atom is -0.495 e. The SMILES string of the molecule is COc1ccc(C(N)=O)cc1NC(=O)c1ccc(Cc2c(C)cc(C)cc2C)o1. The lowest BCUT2D eigenvalue weighted by Gasteiger charge is -2.11. The van der Waals surface area contributed by atoms with Crippen LogP contribution in [0.5, 0.6) is 5.75 Å². The highest BCUT2D eigenvalue weighted by atomic mass is 16.5. The summed E-state index contributed by atoms with van der Waals surface area (Å²) in [6, 6.07) is 12.3. The Labute approximate surface area is 169 Å². The van der Waals surface area contributed by atoms with Gasteiger partial charge >= 0.3 is 0 Å². The van der Waals surface area contributed by atoms with Crippen molar-refractivity contribution in [3.63, 3.8) is 0 Å². The summed E-state index contributed by atoms with van der Waals surface area (Å²) in [7, 11) is 1.48. The Morgan fingerprint density at radius 1 is 1.03 bits per heavy atom. The van der Waals surface area contributed by atoms with Gasteiger partial charge in [0.15, 0.2) is 5.76 Å². The molecular formula is C23H24N2O4. The number of benzene rings is 2. The lowest BCUT2D eigenvalue weighted by molar-refractivity contribution is 0.0987. The largest absolute Gasteiger partial charge is 0.495 e. The van der Waals surface area contributed by atoms with Crippen LogP contribution in [0, 0.1) is 20.8 Å². The van der Waals surface area contributed by atoms with Crippen LogP contribution in [-0.4, -0.2) is 18.9 Å². The second-order valence-corrected chi connectivity index (χ2v) is 7.05. The van der Waals surface area contributed by atoms with E-state index in [1.54, 1.807) is 18.2 Å². The van der Waals surface area contributed by atoms with E-state index in [9.17, 15) is 9.59 Å². The average Bonchev–Trinajstić information content (AvgIpc) is 3.13. The Kier molecular flexibility index (Phi) is 5.73. The van der Waals surface area contributed by atoms with Gasteiger partial charge in [-0.3, -0.25) is 9.59 Å². The number of hydrogen-bond acceptors (Lipinski definition) is 4. The summed E-state index contributed by atoms with van der Waals surface area (Å²) in [6.07, 6.45) is 0.603. The van der Waals surface area contributed by atoms with E-state index < -0.39 is 11.8 Å². The number of anilines is 1. The van der Waals surface area contributed by atoms with Crippen molar-refractivity contribution in [2.75, 3.05) is 12.4 Å². The van der Waals surface area contributed by atoms with Crippen molar-refractivity contribution in [2.45, 2.75) is 27.2 Å². The van der Waals surface area contributed by atoms with Crippen molar-refractivity contribution >= 4 is 17.5 Å². The lowest BCUT2D eigenvalue weighted by atomic mass is 9.97. The van der Waals surface area contributed by atoms with E-state index in [-0.39, 0.29) is 11.3 Å². The molecule has 0 atom stereocenters.